The average Bonchev–Trinajstić information content (AvgIpc) is 2.71. The molecule has 3 N–H and O–H groups in total. The van der Waals surface area contributed by atoms with Gasteiger partial charge in [-0.1, -0.05) is 27.7 Å². The summed E-state index contributed by atoms with van der Waals surface area (Å²) < 4.78 is 0. The van der Waals surface area contributed by atoms with Crippen molar-refractivity contribution in [1.29, 1.82) is 0 Å². The number of nitrogens with one attached hydrogen (secondary N) is 1. The Balaban J connectivity index is 2.14. The van der Waals surface area contributed by atoms with Crippen LogP contribution < -0.4 is 16.0 Å². The van der Waals surface area contributed by atoms with Gasteiger partial charge in [-0.05, 0) is 29.0 Å². The molecule has 0 spiro atoms. The minimum atomic E-state index is -0.0503. The Labute approximate surface area is 121 Å². The zero-order valence-electron chi connectivity index (χ0n) is 13.2. The smallest absolute Gasteiger partial charge is 0.251 e. The number of carbonyl (C=O) groups excluding carboxylic acids is 1. The van der Waals surface area contributed by atoms with Gasteiger partial charge in [0.15, 0.2) is 0 Å². The lowest BCUT2D eigenvalue weighted by Crippen LogP contribution is -2.29. The van der Waals surface area contributed by atoms with E-state index in [1.165, 1.54) is 0 Å². The van der Waals surface area contributed by atoms with Gasteiger partial charge in [-0.15, -0.1) is 0 Å². The first-order chi connectivity index (χ1) is 9.09. The van der Waals surface area contributed by atoms with Crippen molar-refractivity contribution in [2.45, 2.75) is 33.7 Å². The third-order valence-electron chi connectivity index (χ3n) is 5.07. The Morgan fingerprint density at radius 2 is 1.75 bits per heavy atom. The summed E-state index contributed by atoms with van der Waals surface area (Å²) in [7, 11) is 3.86. The quantitative estimate of drug-likeness (QED) is 0.833. The van der Waals surface area contributed by atoms with Gasteiger partial charge in [0.1, 0.15) is 0 Å². The van der Waals surface area contributed by atoms with Crippen molar-refractivity contribution in [2.75, 3.05) is 24.7 Å². The van der Waals surface area contributed by atoms with E-state index >= 15 is 0 Å². The highest BCUT2D eigenvalue weighted by atomic mass is 16.1. The van der Waals surface area contributed by atoms with Crippen LogP contribution in [0.25, 0.3) is 0 Å². The fourth-order valence-corrected chi connectivity index (χ4v) is 2.87. The highest BCUT2D eigenvalue weighted by molar-refractivity contribution is 5.96. The van der Waals surface area contributed by atoms with Crippen LogP contribution in [0.4, 0.5) is 11.4 Å². The maximum Gasteiger partial charge on any atom is 0.251 e. The second-order valence-electron chi connectivity index (χ2n) is 7.02. The van der Waals surface area contributed by atoms with Crippen molar-refractivity contribution in [2.24, 2.45) is 10.8 Å². The standard InChI is InChI=1S/C16H25N3O/c1-15(2)14(16(15,3)4)18-13(20)10-7-8-12(19(5)6)11(17)9-10/h7-9,14H,17H2,1-6H3,(H,18,20). The summed E-state index contributed by atoms with van der Waals surface area (Å²) in [6, 6.07) is 5.65. The summed E-state index contributed by atoms with van der Waals surface area (Å²) in [5.74, 6) is -0.0503. The van der Waals surface area contributed by atoms with Crippen LogP contribution in [0.1, 0.15) is 38.1 Å². The number of carbonyl (C=O) groups is 1. The molecule has 0 radical (unpaired) electrons. The Hall–Kier alpha value is -1.71. The number of benzene rings is 1. The van der Waals surface area contributed by atoms with E-state index in [2.05, 4.69) is 33.0 Å². The molecule has 0 atom stereocenters. The number of hydrogen-bond donors (Lipinski definition) is 2. The molecule has 2 rings (SSSR count). The summed E-state index contributed by atoms with van der Waals surface area (Å²) in [5, 5.41) is 3.12. The van der Waals surface area contributed by atoms with Crippen molar-refractivity contribution < 1.29 is 4.79 Å². The molecule has 0 bridgehead atoms. The third-order valence-corrected chi connectivity index (χ3v) is 5.07. The molecule has 0 saturated heterocycles. The summed E-state index contributed by atoms with van der Waals surface area (Å²) >= 11 is 0. The van der Waals surface area contributed by atoms with Crippen LogP contribution in [0, 0.1) is 10.8 Å². The zero-order valence-corrected chi connectivity index (χ0v) is 13.2. The molecule has 1 saturated carbocycles. The minimum Gasteiger partial charge on any atom is -0.397 e. The summed E-state index contributed by atoms with van der Waals surface area (Å²) in [6.07, 6.45) is 0. The molecule has 0 heterocycles. The first-order valence-electron chi connectivity index (χ1n) is 6.96. The Morgan fingerprint density at radius 3 is 2.15 bits per heavy atom. The summed E-state index contributed by atoms with van der Waals surface area (Å²) in [4.78, 5) is 14.3. The van der Waals surface area contributed by atoms with E-state index < -0.39 is 0 Å². The van der Waals surface area contributed by atoms with Crippen LogP contribution in [0.15, 0.2) is 18.2 Å². The van der Waals surface area contributed by atoms with E-state index in [4.69, 9.17) is 5.73 Å². The van der Waals surface area contributed by atoms with Crippen LogP contribution in [0.5, 0.6) is 0 Å². The molecule has 0 unspecified atom stereocenters. The van der Waals surface area contributed by atoms with E-state index in [1.807, 2.05) is 31.1 Å². The van der Waals surface area contributed by atoms with Gasteiger partial charge in [0.2, 0.25) is 0 Å². The molecule has 1 aliphatic carbocycles. The molecule has 1 aromatic rings. The Kier molecular flexibility index (Phi) is 3.23. The monoisotopic (exact) mass is 275 g/mol. The fourth-order valence-electron chi connectivity index (χ4n) is 2.87. The molecule has 4 nitrogen and oxygen atoms in total. The van der Waals surface area contributed by atoms with Crippen LogP contribution in [-0.4, -0.2) is 26.0 Å². The average molecular weight is 275 g/mol. The fraction of sp³-hybridized carbons (Fsp3) is 0.562. The van der Waals surface area contributed by atoms with E-state index in [0.717, 1.165) is 5.69 Å². The summed E-state index contributed by atoms with van der Waals surface area (Å²) in [6.45, 7) is 8.73. The van der Waals surface area contributed by atoms with Crippen molar-refractivity contribution >= 4 is 17.3 Å². The Bertz CT molecular complexity index is 533. The van der Waals surface area contributed by atoms with Crippen molar-refractivity contribution in [1.82, 2.24) is 5.32 Å². The predicted octanol–water partition coefficient (Wildman–Crippen LogP) is 2.50. The molecule has 1 fully saturated rings. The molecule has 20 heavy (non-hydrogen) atoms. The minimum absolute atomic E-state index is 0.0503. The maximum absolute atomic E-state index is 12.3. The first kappa shape index (κ1) is 14.7. The van der Waals surface area contributed by atoms with Gasteiger partial charge in [-0.25, -0.2) is 0 Å². The van der Waals surface area contributed by atoms with Gasteiger partial charge in [-0.3, -0.25) is 4.79 Å². The predicted molar refractivity (Wildman–Crippen MR) is 84.0 cm³/mol. The van der Waals surface area contributed by atoms with E-state index in [-0.39, 0.29) is 22.8 Å². The lowest BCUT2D eigenvalue weighted by atomic mass is 10.0. The molecular formula is C16H25N3O. The molecule has 0 aliphatic heterocycles. The Morgan fingerprint density at radius 1 is 1.20 bits per heavy atom. The lowest BCUT2D eigenvalue weighted by Gasteiger charge is -2.16. The lowest BCUT2D eigenvalue weighted by molar-refractivity contribution is 0.0943. The first-order valence-corrected chi connectivity index (χ1v) is 6.96. The number of anilines is 2. The van der Waals surface area contributed by atoms with Crippen molar-refractivity contribution in [3.8, 4) is 0 Å². The third kappa shape index (κ3) is 2.13. The van der Waals surface area contributed by atoms with Gasteiger partial charge in [0.25, 0.3) is 5.91 Å². The normalized spacial score (nSPS) is 19.5. The summed E-state index contributed by atoms with van der Waals surface area (Å²) in [5.41, 5.74) is 8.43. The number of nitrogens with zero attached hydrogens (tertiary/aromatic N) is 1. The molecule has 0 aromatic heterocycles. The zero-order chi connectivity index (χ0) is 15.3. The van der Waals surface area contributed by atoms with Crippen LogP contribution in [0.2, 0.25) is 0 Å². The highest BCUT2D eigenvalue weighted by Gasteiger charge is 2.65. The van der Waals surface area contributed by atoms with Gasteiger partial charge < -0.3 is 16.0 Å². The number of amides is 1. The highest BCUT2D eigenvalue weighted by Crippen LogP contribution is 2.62. The largest absolute Gasteiger partial charge is 0.397 e. The van der Waals surface area contributed by atoms with Crippen molar-refractivity contribution in [3.63, 3.8) is 0 Å². The van der Waals surface area contributed by atoms with Gasteiger partial charge in [-0.2, -0.15) is 0 Å². The molecule has 110 valence electrons. The molecule has 1 aromatic carbocycles. The van der Waals surface area contributed by atoms with Crippen LogP contribution >= 0.6 is 0 Å². The molecule has 1 aliphatic rings. The van der Waals surface area contributed by atoms with Crippen LogP contribution in [0.3, 0.4) is 0 Å². The van der Waals surface area contributed by atoms with E-state index in [1.54, 1.807) is 6.07 Å². The van der Waals surface area contributed by atoms with Crippen molar-refractivity contribution in [3.05, 3.63) is 23.8 Å². The number of hydrogen-bond acceptors (Lipinski definition) is 3. The molecular weight excluding hydrogens is 250 g/mol. The SMILES string of the molecule is CN(C)c1ccc(C(=O)NC2C(C)(C)C2(C)C)cc1N. The van der Waals surface area contributed by atoms with E-state index in [0.29, 0.717) is 11.3 Å². The van der Waals surface area contributed by atoms with E-state index in [9.17, 15) is 4.79 Å². The maximum atomic E-state index is 12.3. The second kappa shape index (κ2) is 4.40. The van der Waals surface area contributed by atoms with Gasteiger partial charge >= 0.3 is 0 Å². The van der Waals surface area contributed by atoms with Crippen LogP contribution in [-0.2, 0) is 0 Å². The number of nitrogens with two attached hydrogens (primary N) is 1. The number of nitrogen functional groups attached to an aromatic ring is 1. The molecule has 4 heteroatoms. The second-order valence-corrected chi connectivity index (χ2v) is 7.02. The van der Waals surface area contributed by atoms with Gasteiger partial charge in [0, 0.05) is 25.7 Å². The number of rotatable bonds is 3. The molecule has 1 amide bonds. The topological polar surface area (TPSA) is 58.4 Å². The van der Waals surface area contributed by atoms with Gasteiger partial charge in [0.05, 0.1) is 11.4 Å².